The van der Waals surface area contributed by atoms with Gasteiger partial charge in [-0.2, -0.15) is 0 Å². The molecule has 1 atom stereocenters. The lowest BCUT2D eigenvalue weighted by Crippen LogP contribution is -2.27. The summed E-state index contributed by atoms with van der Waals surface area (Å²) in [6.07, 6.45) is 6.03. The Morgan fingerprint density at radius 2 is 1.86 bits per heavy atom. The van der Waals surface area contributed by atoms with Crippen molar-refractivity contribution in [1.29, 1.82) is 0 Å². The van der Waals surface area contributed by atoms with Crippen LogP contribution >= 0.6 is 12.2 Å². The minimum absolute atomic E-state index is 0.000142. The number of nitrogens with one attached hydrogen (secondary N) is 2. The summed E-state index contributed by atoms with van der Waals surface area (Å²) in [6, 6.07) is 8.37. The van der Waals surface area contributed by atoms with Gasteiger partial charge in [0.15, 0.2) is 4.77 Å². The molecule has 0 amide bonds. The zero-order valence-electron chi connectivity index (χ0n) is 11.8. The Morgan fingerprint density at radius 3 is 2.67 bits per heavy atom. The highest BCUT2D eigenvalue weighted by molar-refractivity contribution is 7.71. The Morgan fingerprint density at radius 1 is 1.10 bits per heavy atom. The van der Waals surface area contributed by atoms with Crippen LogP contribution in [0.5, 0.6) is 0 Å². The Hall–Kier alpha value is -1.68. The van der Waals surface area contributed by atoms with Crippen LogP contribution in [-0.4, -0.2) is 9.97 Å². The molecule has 3 nitrogen and oxygen atoms in total. The average molecular weight is 298 g/mol. The minimum atomic E-state index is 0.000142. The first-order chi connectivity index (χ1) is 10.2. The molecule has 2 aliphatic rings. The average Bonchev–Trinajstić information content (AvgIpc) is 3.00. The van der Waals surface area contributed by atoms with Crippen molar-refractivity contribution in [3.05, 3.63) is 50.5 Å². The molecule has 0 unspecified atom stereocenters. The number of fused-ring (bicyclic) bond motifs is 3. The summed E-state index contributed by atoms with van der Waals surface area (Å²) in [7, 11) is 0. The van der Waals surface area contributed by atoms with Gasteiger partial charge in [0.2, 0.25) is 0 Å². The Bertz CT molecular complexity index is 799. The predicted octanol–water partition coefficient (Wildman–Crippen LogP) is 3.93. The molecule has 1 heterocycles. The maximum Gasteiger partial charge on any atom is 0.255 e. The molecule has 1 aromatic heterocycles. The van der Waals surface area contributed by atoms with Crippen LogP contribution in [0.4, 0.5) is 0 Å². The van der Waals surface area contributed by atoms with Crippen molar-refractivity contribution >= 4 is 12.2 Å². The largest absolute Gasteiger partial charge is 0.331 e. The topological polar surface area (TPSA) is 48.6 Å². The highest BCUT2D eigenvalue weighted by Gasteiger charge is 2.34. The monoisotopic (exact) mass is 298 g/mol. The number of rotatable bonds is 1. The molecule has 0 spiro atoms. The third-order valence-corrected chi connectivity index (χ3v) is 5.25. The number of aromatic nitrogens is 2. The normalized spacial score (nSPS) is 21.0. The molecule has 4 rings (SSSR count). The van der Waals surface area contributed by atoms with Crippen LogP contribution in [0.1, 0.15) is 42.7 Å². The second kappa shape index (κ2) is 4.95. The molecule has 1 aromatic carbocycles. The predicted molar refractivity (Wildman–Crippen MR) is 86.1 cm³/mol. The molecule has 4 heteroatoms. The molecular weight excluding hydrogens is 280 g/mol. The first kappa shape index (κ1) is 13.0. The van der Waals surface area contributed by atoms with Crippen molar-refractivity contribution in [2.75, 3.05) is 0 Å². The fourth-order valence-electron chi connectivity index (χ4n) is 4.11. The van der Waals surface area contributed by atoms with Crippen molar-refractivity contribution in [3.63, 3.8) is 0 Å². The van der Waals surface area contributed by atoms with E-state index in [1.165, 1.54) is 31.2 Å². The lowest BCUT2D eigenvalue weighted by atomic mass is 9.74. The van der Waals surface area contributed by atoms with Crippen LogP contribution in [0.15, 0.2) is 29.1 Å². The Balaban J connectivity index is 1.97. The van der Waals surface area contributed by atoms with Gasteiger partial charge in [-0.1, -0.05) is 37.1 Å². The van der Waals surface area contributed by atoms with Crippen LogP contribution < -0.4 is 5.56 Å². The van der Waals surface area contributed by atoms with Crippen molar-refractivity contribution in [1.82, 2.24) is 9.97 Å². The van der Waals surface area contributed by atoms with Crippen LogP contribution in [0.25, 0.3) is 11.3 Å². The van der Waals surface area contributed by atoms with Crippen molar-refractivity contribution in [2.45, 2.75) is 38.0 Å². The number of hydrogen-bond acceptors (Lipinski definition) is 2. The Labute approximate surface area is 128 Å². The second-order valence-corrected chi connectivity index (χ2v) is 6.62. The molecule has 0 radical (unpaired) electrons. The van der Waals surface area contributed by atoms with Gasteiger partial charge in [-0.3, -0.25) is 9.78 Å². The molecule has 2 aromatic rings. The first-order valence-electron chi connectivity index (χ1n) is 7.69. The van der Waals surface area contributed by atoms with Crippen LogP contribution in [-0.2, 0) is 6.42 Å². The van der Waals surface area contributed by atoms with E-state index in [9.17, 15) is 4.79 Å². The van der Waals surface area contributed by atoms with E-state index in [1.54, 1.807) is 0 Å². The lowest BCUT2D eigenvalue weighted by molar-refractivity contribution is 0.424. The smallest absolute Gasteiger partial charge is 0.255 e. The summed E-state index contributed by atoms with van der Waals surface area (Å²) in [4.78, 5) is 18.5. The molecule has 0 bridgehead atoms. The van der Waals surface area contributed by atoms with E-state index < -0.39 is 0 Å². The number of benzene rings is 1. The third kappa shape index (κ3) is 2.09. The zero-order valence-corrected chi connectivity index (χ0v) is 12.6. The molecular formula is C17H18N2OS. The highest BCUT2D eigenvalue weighted by Crippen LogP contribution is 2.45. The maximum atomic E-state index is 12.5. The summed E-state index contributed by atoms with van der Waals surface area (Å²) < 4.78 is 0.417. The number of hydrogen-bond donors (Lipinski definition) is 2. The zero-order chi connectivity index (χ0) is 14.4. The maximum absolute atomic E-state index is 12.5. The molecule has 108 valence electrons. The Kier molecular flexibility index (Phi) is 3.07. The summed E-state index contributed by atoms with van der Waals surface area (Å²) in [5.74, 6) is 0.954. The minimum Gasteiger partial charge on any atom is -0.331 e. The fraction of sp³-hybridized carbons (Fsp3) is 0.412. The first-order valence-corrected chi connectivity index (χ1v) is 8.09. The fourth-order valence-corrected chi connectivity index (χ4v) is 4.30. The molecule has 21 heavy (non-hydrogen) atoms. The molecule has 1 fully saturated rings. The van der Waals surface area contributed by atoms with Gasteiger partial charge >= 0.3 is 0 Å². The van der Waals surface area contributed by atoms with Crippen molar-refractivity contribution < 1.29 is 0 Å². The van der Waals surface area contributed by atoms with Gasteiger partial charge in [-0.05, 0) is 48.9 Å². The number of H-pyrrole nitrogens is 2. The van der Waals surface area contributed by atoms with Gasteiger partial charge in [0, 0.05) is 11.1 Å². The van der Waals surface area contributed by atoms with Gasteiger partial charge in [0.1, 0.15) is 0 Å². The summed E-state index contributed by atoms with van der Waals surface area (Å²) in [5, 5.41) is 0. The van der Waals surface area contributed by atoms with Gasteiger partial charge in [-0.25, -0.2) is 0 Å². The van der Waals surface area contributed by atoms with E-state index in [2.05, 4.69) is 28.2 Å². The van der Waals surface area contributed by atoms with Crippen LogP contribution in [0, 0.1) is 10.7 Å². The van der Waals surface area contributed by atoms with Gasteiger partial charge < -0.3 is 4.98 Å². The SMILES string of the molecule is O=c1[nH]c(=S)[nH]c2c1[C@H](C1CCCC1)Cc1ccccc1-2. The third-order valence-electron chi connectivity index (χ3n) is 5.05. The molecule has 0 aliphatic heterocycles. The summed E-state index contributed by atoms with van der Waals surface area (Å²) >= 11 is 5.18. The van der Waals surface area contributed by atoms with Crippen molar-refractivity contribution in [3.8, 4) is 11.3 Å². The van der Waals surface area contributed by atoms with Gasteiger partial charge in [0.05, 0.1) is 5.69 Å². The van der Waals surface area contributed by atoms with Gasteiger partial charge in [0.25, 0.3) is 5.56 Å². The van der Waals surface area contributed by atoms with E-state index in [4.69, 9.17) is 12.2 Å². The molecule has 2 N–H and O–H groups in total. The van der Waals surface area contributed by atoms with E-state index in [-0.39, 0.29) is 5.56 Å². The van der Waals surface area contributed by atoms with E-state index >= 15 is 0 Å². The lowest BCUT2D eigenvalue weighted by Gasteiger charge is -2.30. The second-order valence-electron chi connectivity index (χ2n) is 6.21. The van der Waals surface area contributed by atoms with E-state index in [0.29, 0.717) is 16.6 Å². The van der Waals surface area contributed by atoms with Crippen molar-refractivity contribution in [2.24, 2.45) is 5.92 Å². The van der Waals surface area contributed by atoms with Gasteiger partial charge in [-0.15, -0.1) is 0 Å². The summed E-state index contributed by atoms with van der Waals surface area (Å²) in [5.41, 5.74) is 4.34. The van der Waals surface area contributed by atoms with Crippen LogP contribution in [0.3, 0.4) is 0 Å². The quantitative estimate of drug-likeness (QED) is 0.784. The number of aromatic amines is 2. The molecule has 1 saturated carbocycles. The van der Waals surface area contributed by atoms with Crippen LogP contribution in [0.2, 0.25) is 0 Å². The highest BCUT2D eigenvalue weighted by atomic mass is 32.1. The molecule has 0 saturated heterocycles. The standard InChI is InChI=1S/C17H18N2OS/c20-16-14-13(10-5-1-2-6-10)9-11-7-3-4-8-12(11)15(14)18-17(21)19-16/h3-4,7-8,10,13H,1-2,5-6,9H2,(H2,18,19,20,21)/t13-/m0/s1. The summed E-state index contributed by atoms with van der Waals surface area (Å²) in [6.45, 7) is 0. The molecule has 2 aliphatic carbocycles. The van der Waals surface area contributed by atoms with E-state index in [0.717, 1.165) is 23.2 Å². The van der Waals surface area contributed by atoms with E-state index in [1.807, 2.05) is 6.07 Å².